The van der Waals surface area contributed by atoms with Gasteiger partial charge in [-0.3, -0.25) is 0 Å². The lowest BCUT2D eigenvalue weighted by Gasteiger charge is -2.24. The van der Waals surface area contributed by atoms with E-state index in [1.54, 1.807) is 0 Å². The molecule has 0 fully saturated rings. The van der Waals surface area contributed by atoms with Crippen LogP contribution in [-0.4, -0.2) is 0 Å². The van der Waals surface area contributed by atoms with E-state index in [1.807, 2.05) is 0 Å². The number of rotatable bonds is 3. The lowest BCUT2D eigenvalue weighted by Crippen LogP contribution is -2.15. The van der Waals surface area contributed by atoms with Crippen LogP contribution < -0.4 is 0 Å². The van der Waals surface area contributed by atoms with Crippen LogP contribution in [0.2, 0.25) is 0 Å². The number of fused-ring (bicyclic) bond motifs is 13. The number of furan rings is 1. The van der Waals surface area contributed by atoms with Crippen LogP contribution in [0, 0.1) is 0 Å². The fourth-order valence-corrected chi connectivity index (χ4v) is 10.1. The van der Waals surface area contributed by atoms with E-state index in [9.17, 15) is 0 Å². The second-order valence-corrected chi connectivity index (χ2v) is 16.0. The van der Waals surface area contributed by atoms with E-state index in [2.05, 4.69) is 196 Å². The maximum Gasteiger partial charge on any atom is 0.143 e. The third-order valence-electron chi connectivity index (χ3n) is 12.6. The summed E-state index contributed by atoms with van der Waals surface area (Å²) in [6.07, 6.45) is 0. The molecule has 11 aromatic rings. The molecule has 1 nitrogen and oxygen atoms in total. The molecule has 10 aromatic carbocycles. The van der Waals surface area contributed by atoms with Gasteiger partial charge in [0.15, 0.2) is 0 Å². The van der Waals surface area contributed by atoms with Crippen molar-refractivity contribution >= 4 is 65.0 Å². The van der Waals surface area contributed by atoms with Gasteiger partial charge in [-0.05, 0) is 118 Å². The Bertz CT molecular complexity index is 3390. The van der Waals surface area contributed by atoms with Gasteiger partial charge in [-0.15, -0.1) is 0 Å². The third kappa shape index (κ3) is 4.31. The van der Waals surface area contributed by atoms with E-state index < -0.39 is 0 Å². The summed E-state index contributed by atoms with van der Waals surface area (Å²) in [7, 11) is 0. The monoisotopic (exact) mass is 712 g/mol. The molecule has 0 amide bonds. The second-order valence-electron chi connectivity index (χ2n) is 16.0. The minimum absolute atomic E-state index is 0.213. The van der Waals surface area contributed by atoms with Crippen molar-refractivity contribution in [2.24, 2.45) is 0 Å². The highest BCUT2D eigenvalue weighted by Gasteiger charge is 2.39. The molecule has 0 radical (unpaired) electrons. The van der Waals surface area contributed by atoms with Gasteiger partial charge < -0.3 is 4.42 Å². The smallest absolute Gasteiger partial charge is 0.143 e. The summed E-state index contributed by atoms with van der Waals surface area (Å²) in [4.78, 5) is 0. The molecule has 0 saturated carbocycles. The molecule has 1 heteroatoms. The first-order chi connectivity index (χ1) is 27.5. The van der Waals surface area contributed by atoms with Gasteiger partial charge in [-0.1, -0.05) is 172 Å². The highest BCUT2D eigenvalue weighted by atomic mass is 16.3. The average Bonchev–Trinajstić information content (AvgIpc) is 3.75. The fraction of sp³-hybridized carbons (Fsp3) is 0.0545. The summed E-state index contributed by atoms with van der Waals surface area (Å²) in [6, 6.07) is 67.0. The zero-order valence-electron chi connectivity index (χ0n) is 31.2. The first kappa shape index (κ1) is 31.4. The van der Waals surface area contributed by atoms with Crippen molar-refractivity contribution in [1.82, 2.24) is 0 Å². The summed E-state index contributed by atoms with van der Waals surface area (Å²) < 4.78 is 6.63. The van der Waals surface area contributed by atoms with Crippen LogP contribution in [0.1, 0.15) is 25.0 Å². The Morgan fingerprint density at radius 2 is 0.911 bits per heavy atom. The molecule has 0 N–H and O–H groups in total. The average molecular weight is 713 g/mol. The molecule has 56 heavy (non-hydrogen) atoms. The van der Waals surface area contributed by atoms with Crippen molar-refractivity contribution in [1.29, 1.82) is 0 Å². The van der Waals surface area contributed by atoms with Crippen LogP contribution in [0.25, 0.3) is 110 Å². The van der Waals surface area contributed by atoms with E-state index in [-0.39, 0.29) is 5.41 Å². The summed E-state index contributed by atoms with van der Waals surface area (Å²) in [6.45, 7) is 4.79. The van der Waals surface area contributed by atoms with Crippen LogP contribution in [-0.2, 0) is 5.41 Å². The molecule has 1 aromatic heterocycles. The predicted molar refractivity (Wildman–Crippen MR) is 238 cm³/mol. The summed E-state index contributed by atoms with van der Waals surface area (Å²) >= 11 is 0. The first-order valence-corrected chi connectivity index (χ1v) is 19.6. The van der Waals surface area contributed by atoms with Crippen molar-refractivity contribution in [2.75, 3.05) is 0 Å². The molecule has 0 bridgehead atoms. The molecule has 12 rings (SSSR count). The van der Waals surface area contributed by atoms with Crippen LogP contribution in [0.4, 0.5) is 0 Å². The minimum atomic E-state index is -0.213. The SMILES string of the molecule is CC1(C)c2cc(-c3cccc(-c4c5ccccc5c(-c5ccc6ccccc6c5)c5ccccc45)c3)ccc2-c2c1c1ccccc1c1oc3ccccc3c21. The lowest BCUT2D eigenvalue weighted by molar-refractivity contribution is 0.664. The van der Waals surface area contributed by atoms with Crippen molar-refractivity contribution < 1.29 is 4.42 Å². The Labute approximate surface area is 325 Å². The number of hydrogen-bond acceptors (Lipinski definition) is 1. The Kier molecular flexibility index (Phi) is 6.46. The number of benzene rings is 10. The molecule has 0 unspecified atom stereocenters. The maximum absolute atomic E-state index is 6.63. The maximum atomic E-state index is 6.63. The van der Waals surface area contributed by atoms with E-state index in [1.165, 1.54) is 109 Å². The Balaban J connectivity index is 1.05. The van der Waals surface area contributed by atoms with Gasteiger partial charge in [0.25, 0.3) is 0 Å². The van der Waals surface area contributed by atoms with Crippen LogP contribution in [0.3, 0.4) is 0 Å². The van der Waals surface area contributed by atoms with E-state index in [0.717, 1.165) is 11.2 Å². The standard InChI is InChI=1S/C55H36O/c1-55(2)47-32-36(28-29-45(47)51-52-46-24-11-12-25-48(46)56-54(52)44-23-10-9-22-43(44)53(51)55)35-16-13-17-37(31-35)49-39-18-5-7-20-41(39)50(42-21-8-6-19-40(42)49)38-27-26-33-14-3-4-15-34(33)30-38/h3-32H,1-2H3. The Hall–Kier alpha value is -6.96. The van der Waals surface area contributed by atoms with E-state index >= 15 is 0 Å². The quantitative estimate of drug-likeness (QED) is 0.166. The fourth-order valence-electron chi connectivity index (χ4n) is 10.1. The van der Waals surface area contributed by atoms with Gasteiger partial charge in [0.2, 0.25) is 0 Å². The Morgan fingerprint density at radius 3 is 1.62 bits per heavy atom. The van der Waals surface area contributed by atoms with Gasteiger partial charge in [0, 0.05) is 21.6 Å². The largest absolute Gasteiger partial charge is 0.455 e. The second kappa shape index (κ2) is 11.5. The normalized spacial score (nSPS) is 13.3. The van der Waals surface area contributed by atoms with Gasteiger partial charge in [-0.25, -0.2) is 0 Å². The molecule has 262 valence electrons. The van der Waals surface area contributed by atoms with Crippen molar-refractivity contribution in [3.05, 3.63) is 193 Å². The highest BCUT2D eigenvalue weighted by molar-refractivity contribution is 6.25. The lowest BCUT2D eigenvalue weighted by atomic mass is 9.79. The molecule has 0 saturated heterocycles. The van der Waals surface area contributed by atoms with Crippen LogP contribution in [0.5, 0.6) is 0 Å². The van der Waals surface area contributed by atoms with Crippen molar-refractivity contribution in [3.8, 4) is 44.5 Å². The minimum Gasteiger partial charge on any atom is -0.455 e. The third-order valence-corrected chi connectivity index (χ3v) is 12.6. The highest BCUT2D eigenvalue weighted by Crippen LogP contribution is 2.57. The molecule has 1 aliphatic carbocycles. The Morgan fingerprint density at radius 1 is 0.375 bits per heavy atom. The topological polar surface area (TPSA) is 13.1 Å². The molecular weight excluding hydrogens is 677 g/mol. The van der Waals surface area contributed by atoms with Gasteiger partial charge in [0.1, 0.15) is 11.2 Å². The molecule has 0 spiro atoms. The number of para-hydroxylation sites is 1. The summed E-state index contributed by atoms with van der Waals surface area (Å²) in [5.41, 5.74) is 14.5. The summed E-state index contributed by atoms with van der Waals surface area (Å²) in [5, 5.41) is 12.4. The van der Waals surface area contributed by atoms with Crippen LogP contribution in [0.15, 0.2) is 186 Å². The van der Waals surface area contributed by atoms with Gasteiger partial charge >= 0.3 is 0 Å². The van der Waals surface area contributed by atoms with Crippen molar-refractivity contribution in [3.63, 3.8) is 0 Å². The van der Waals surface area contributed by atoms with E-state index in [0.29, 0.717) is 0 Å². The number of hydrogen-bond donors (Lipinski definition) is 0. The van der Waals surface area contributed by atoms with Crippen LogP contribution >= 0.6 is 0 Å². The zero-order chi connectivity index (χ0) is 37.1. The molecular formula is C55H36O. The summed E-state index contributed by atoms with van der Waals surface area (Å²) in [5.74, 6) is 0. The molecule has 1 heterocycles. The van der Waals surface area contributed by atoms with Gasteiger partial charge in [-0.2, -0.15) is 0 Å². The first-order valence-electron chi connectivity index (χ1n) is 19.6. The molecule has 0 atom stereocenters. The van der Waals surface area contributed by atoms with Gasteiger partial charge in [0.05, 0.1) is 0 Å². The van der Waals surface area contributed by atoms with E-state index in [4.69, 9.17) is 4.42 Å². The predicted octanol–water partition coefficient (Wildman–Crippen LogP) is 15.5. The van der Waals surface area contributed by atoms with Crippen molar-refractivity contribution in [2.45, 2.75) is 19.3 Å². The molecule has 1 aliphatic rings. The molecule has 0 aliphatic heterocycles. The zero-order valence-corrected chi connectivity index (χ0v) is 31.2.